The van der Waals surface area contributed by atoms with Crippen LogP contribution in [0.15, 0.2) is 36.4 Å². The maximum Gasteiger partial charge on any atom is 0.0450 e. The van der Waals surface area contributed by atoms with Gasteiger partial charge < -0.3 is 10.2 Å². The van der Waals surface area contributed by atoms with Crippen LogP contribution in [0.2, 0.25) is 0 Å². The monoisotopic (exact) mass is 266 g/mol. The molecule has 0 fully saturated rings. The van der Waals surface area contributed by atoms with E-state index in [0.29, 0.717) is 0 Å². The van der Waals surface area contributed by atoms with Crippen molar-refractivity contribution in [2.75, 3.05) is 16.8 Å². The van der Waals surface area contributed by atoms with Gasteiger partial charge in [0.05, 0.1) is 0 Å². The van der Waals surface area contributed by atoms with Crippen molar-refractivity contribution in [1.82, 2.24) is 0 Å². The first-order chi connectivity index (χ1) is 9.67. The molecule has 0 aliphatic carbocycles. The topological polar surface area (TPSA) is 15.3 Å². The molecule has 0 aromatic heterocycles. The first kappa shape index (κ1) is 13.0. The van der Waals surface area contributed by atoms with Gasteiger partial charge in [0.15, 0.2) is 0 Å². The van der Waals surface area contributed by atoms with Gasteiger partial charge in [0.1, 0.15) is 0 Å². The van der Waals surface area contributed by atoms with E-state index in [-0.39, 0.29) is 0 Å². The SMILES string of the molecule is CCN1Cc2cc(C)ccc2NCc2cc(C)ccc21. The molecule has 0 atom stereocenters. The average molecular weight is 266 g/mol. The molecule has 0 amide bonds. The van der Waals surface area contributed by atoms with Crippen molar-refractivity contribution >= 4 is 11.4 Å². The molecule has 2 nitrogen and oxygen atoms in total. The molecule has 0 bridgehead atoms. The van der Waals surface area contributed by atoms with Gasteiger partial charge in [-0.1, -0.05) is 35.4 Å². The molecule has 2 heteroatoms. The van der Waals surface area contributed by atoms with Crippen LogP contribution in [-0.4, -0.2) is 6.54 Å². The van der Waals surface area contributed by atoms with Gasteiger partial charge in [0, 0.05) is 31.0 Å². The van der Waals surface area contributed by atoms with Crippen molar-refractivity contribution < 1.29 is 0 Å². The number of nitrogens with one attached hydrogen (secondary N) is 1. The van der Waals surface area contributed by atoms with E-state index >= 15 is 0 Å². The van der Waals surface area contributed by atoms with E-state index in [1.165, 1.54) is 33.6 Å². The fourth-order valence-electron chi connectivity index (χ4n) is 2.95. The Morgan fingerprint density at radius 1 is 1.00 bits per heavy atom. The van der Waals surface area contributed by atoms with Crippen LogP contribution in [0.5, 0.6) is 0 Å². The number of anilines is 2. The van der Waals surface area contributed by atoms with Crippen LogP contribution >= 0.6 is 0 Å². The third-order valence-corrected chi connectivity index (χ3v) is 4.05. The lowest BCUT2D eigenvalue weighted by Gasteiger charge is -2.30. The van der Waals surface area contributed by atoms with Gasteiger partial charge in [0.2, 0.25) is 0 Å². The highest BCUT2D eigenvalue weighted by molar-refractivity contribution is 5.62. The highest BCUT2D eigenvalue weighted by Crippen LogP contribution is 2.30. The van der Waals surface area contributed by atoms with Gasteiger partial charge in [-0.3, -0.25) is 0 Å². The number of nitrogens with zero attached hydrogens (tertiary/aromatic N) is 1. The summed E-state index contributed by atoms with van der Waals surface area (Å²) in [6, 6.07) is 13.4. The highest BCUT2D eigenvalue weighted by Gasteiger charge is 2.16. The summed E-state index contributed by atoms with van der Waals surface area (Å²) < 4.78 is 0. The summed E-state index contributed by atoms with van der Waals surface area (Å²) in [6.45, 7) is 9.44. The molecule has 104 valence electrons. The Kier molecular flexibility index (Phi) is 3.39. The van der Waals surface area contributed by atoms with E-state index in [1.807, 2.05) is 0 Å². The van der Waals surface area contributed by atoms with E-state index in [1.54, 1.807) is 0 Å². The molecule has 0 unspecified atom stereocenters. The first-order valence-electron chi connectivity index (χ1n) is 7.35. The van der Waals surface area contributed by atoms with Crippen LogP contribution in [0.4, 0.5) is 11.4 Å². The summed E-state index contributed by atoms with van der Waals surface area (Å²) in [4.78, 5) is 2.47. The van der Waals surface area contributed by atoms with Crippen molar-refractivity contribution in [3.63, 3.8) is 0 Å². The van der Waals surface area contributed by atoms with Gasteiger partial charge in [-0.05, 0) is 44.0 Å². The van der Waals surface area contributed by atoms with Gasteiger partial charge in [-0.15, -0.1) is 0 Å². The third kappa shape index (κ3) is 2.38. The van der Waals surface area contributed by atoms with Crippen LogP contribution in [0, 0.1) is 13.8 Å². The molecule has 0 spiro atoms. The van der Waals surface area contributed by atoms with E-state index in [9.17, 15) is 0 Å². The van der Waals surface area contributed by atoms with Gasteiger partial charge in [-0.25, -0.2) is 0 Å². The van der Waals surface area contributed by atoms with Crippen molar-refractivity contribution in [1.29, 1.82) is 0 Å². The minimum Gasteiger partial charge on any atom is -0.381 e. The standard InChI is InChI=1S/C18H22N2/c1-4-20-12-16-10-13(2)5-7-17(16)19-11-15-9-14(3)6-8-18(15)20/h5-10,19H,4,11-12H2,1-3H3. The highest BCUT2D eigenvalue weighted by atomic mass is 15.1. The fourth-order valence-corrected chi connectivity index (χ4v) is 2.95. The molecule has 2 aromatic rings. The lowest BCUT2D eigenvalue weighted by atomic mass is 10.0. The summed E-state index contributed by atoms with van der Waals surface area (Å²) in [7, 11) is 0. The molecule has 3 rings (SSSR count). The maximum atomic E-state index is 3.59. The Morgan fingerprint density at radius 2 is 1.70 bits per heavy atom. The van der Waals surface area contributed by atoms with Gasteiger partial charge >= 0.3 is 0 Å². The first-order valence-corrected chi connectivity index (χ1v) is 7.35. The number of fused-ring (bicyclic) bond motifs is 2. The van der Waals surface area contributed by atoms with E-state index in [2.05, 4.69) is 67.4 Å². The lowest BCUT2D eigenvalue weighted by Crippen LogP contribution is -2.26. The van der Waals surface area contributed by atoms with Crippen LogP contribution in [0.1, 0.15) is 29.2 Å². The maximum absolute atomic E-state index is 3.59. The van der Waals surface area contributed by atoms with E-state index in [4.69, 9.17) is 0 Å². The number of hydrogen-bond donors (Lipinski definition) is 1. The number of aryl methyl sites for hydroxylation is 2. The second-order valence-electron chi connectivity index (χ2n) is 5.66. The summed E-state index contributed by atoms with van der Waals surface area (Å²) in [6.07, 6.45) is 0. The molecule has 1 aliphatic rings. The quantitative estimate of drug-likeness (QED) is 0.830. The number of hydrogen-bond acceptors (Lipinski definition) is 2. The second-order valence-corrected chi connectivity index (χ2v) is 5.66. The Bertz CT molecular complexity index is 631. The molecule has 2 aromatic carbocycles. The Balaban J connectivity index is 2.05. The minimum absolute atomic E-state index is 0.892. The zero-order valence-corrected chi connectivity index (χ0v) is 12.5. The molecule has 1 N–H and O–H groups in total. The zero-order chi connectivity index (χ0) is 14.1. The molecule has 20 heavy (non-hydrogen) atoms. The Hall–Kier alpha value is -1.96. The Labute approximate surface area is 121 Å². The Morgan fingerprint density at radius 3 is 2.45 bits per heavy atom. The van der Waals surface area contributed by atoms with Crippen LogP contribution < -0.4 is 10.2 Å². The van der Waals surface area contributed by atoms with Crippen molar-refractivity contribution in [3.05, 3.63) is 58.7 Å². The van der Waals surface area contributed by atoms with Gasteiger partial charge in [0.25, 0.3) is 0 Å². The molecule has 1 heterocycles. The van der Waals surface area contributed by atoms with Crippen LogP contribution in [0.25, 0.3) is 0 Å². The largest absolute Gasteiger partial charge is 0.381 e. The summed E-state index contributed by atoms with van der Waals surface area (Å²) in [5, 5.41) is 3.59. The lowest BCUT2D eigenvalue weighted by molar-refractivity contribution is 0.814. The molecule has 1 aliphatic heterocycles. The van der Waals surface area contributed by atoms with E-state index in [0.717, 1.165) is 19.6 Å². The van der Waals surface area contributed by atoms with Crippen molar-refractivity contribution in [3.8, 4) is 0 Å². The fraction of sp³-hybridized carbons (Fsp3) is 0.333. The minimum atomic E-state index is 0.892. The van der Waals surface area contributed by atoms with E-state index < -0.39 is 0 Å². The zero-order valence-electron chi connectivity index (χ0n) is 12.5. The van der Waals surface area contributed by atoms with Crippen LogP contribution in [0.3, 0.4) is 0 Å². The summed E-state index contributed by atoms with van der Waals surface area (Å²) >= 11 is 0. The van der Waals surface area contributed by atoms with Crippen LogP contribution in [-0.2, 0) is 13.1 Å². The molecule has 0 saturated heterocycles. The number of benzene rings is 2. The molecular weight excluding hydrogens is 244 g/mol. The molecule has 0 radical (unpaired) electrons. The van der Waals surface area contributed by atoms with Crippen molar-refractivity contribution in [2.24, 2.45) is 0 Å². The van der Waals surface area contributed by atoms with Crippen molar-refractivity contribution in [2.45, 2.75) is 33.9 Å². The smallest absolute Gasteiger partial charge is 0.0450 e. The average Bonchev–Trinajstić information content (AvgIpc) is 2.42. The van der Waals surface area contributed by atoms with Gasteiger partial charge in [-0.2, -0.15) is 0 Å². The summed E-state index contributed by atoms with van der Waals surface area (Å²) in [5.41, 5.74) is 8.05. The molecule has 0 saturated carbocycles. The summed E-state index contributed by atoms with van der Waals surface area (Å²) in [5.74, 6) is 0. The second kappa shape index (κ2) is 5.20. The normalized spacial score (nSPS) is 13.8. The number of rotatable bonds is 1. The third-order valence-electron chi connectivity index (χ3n) is 4.05. The molecular formula is C18H22N2. The predicted octanol–water partition coefficient (Wildman–Crippen LogP) is 4.26. The predicted molar refractivity (Wildman–Crippen MR) is 86.4 cm³/mol.